The number of nitrogens with zero attached hydrogens (tertiary/aromatic N) is 1. The molecule has 0 atom stereocenters. The first-order chi connectivity index (χ1) is 8.88. The number of halogens is 1. The van der Waals surface area contributed by atoms with E-state index in [1.165, 1.54) is 6.07 Å². The van der Waals surface area contributed by atoms with Gasteiger partial charge in [0.05, 0.1) is 16.3 Å². The molecule has 0 unspecified atom stereocenters. The molecule has 2 aromatic rings. The van der Waals surface area contributed by atoms with Crippen molar-refractivity contribution >= 4 is 31.5 Å². The Morgan fingerprint density at radius 2 is 2.00 bits per heavy atom. The maximum absolute atomic E-state index is 12.3. The number of benzene rings is 1. The molecule has 100 valence electrons. The predicted octanol–water partition coefficient (Wildman–Crippen LogP) is 2.71. The summed E-state index contributed by atoms with van der Waals surface area (Å²) in [6.07, 6.45) is 0. The van der Waals surface area contributed by atoms with E-state index in [4.69, 9.17) is 5.73 Å². The zero-order chi connectivity index (χ0) is 14.0. The molecule has 6 heteroatoms. The van der Waals surface area contributed by atoms with E-state index in [1.54, 1.807) is 24.3 Å². The van der Waals surface area contributed by atoms with Gasteiger partial charge in [-0.3, -0.25) is 4.98 Å². The average Bonchev–Trinajstić information content (AvgIpc) is 2.27. The molecule has 19 heavy (non-hydrogen) atoms. The highest BCUT2D eigenvalue weighted by Gasteiger charge is 2.19. The number of hydrogen-bond donors (Lipinski definition) is 1. The third kappa shape index (κ3) is 3.33. The average molecular weight is 341 g/mol. The van der Waals surface area contributed by atoms with Crippen molar-refractivity contribution in [2.45, 2.75) is 17.6 Å². The lowest BCUT2D eigenvalue weighted by Gasteiger charge is -2.07. The Balaban J connectivity index is 2.38. The first kappa shape index (κ1) is 14.0. The lowest BCUT2D eigenvalue weighted by molar-refractivity contribution is 0.594. The van der Waals surface area contributed by atoms with Crippen molar-refractivity contribution in [3.05, 3.63) is 52.3 Å². The van der Waals surface area contributed by atoms with E-state index in [9.17, 15) is 8.42 Å². The lowest BCUT2D eigenvalue weighted by Crippen LogP contribution is -2.07. The Morgan fingerprint density at radius 1 is 1.26 bits per heavy atom. The molecule has 1 aromatic carbocycles. The summed E-state index contributed by atoms with van der Waals surface area (Å²) >= 11 is 3.23. The number of anilines is 1. The number of sulfone groups is 1. The molecule has 0 bridgehead atoms. The Morgan fingerprint density at radius 3 is 2.63 bits per heavy atom. The Hall–Kier alpha value is -1.40. The van der Waals surface area contributed by atoms with Gasteiger partial charge < -0.3 is 5.73 Å². The molecule has 2 N–H and O–H groups in total. The van der Waals surface area contributed by atoms with Gasteiger partial charge in [0.25, 0.3) is 0 Å². The van der Waals surface area contributed by atoms with Crippen LogP contribution >= 0.6 is 15.9 Å². The fourth-order valence-corrected chi connectivity index (χ4v) is 4.20. The van der Waals surface area contributed by atoms with Crippen molar-refractivity contribution in [3.8, 4) is 0 Å². The van der Waals surface area contributed by atoms with Gasteiger partial charge in [0, 0.05) is 15.9 Å². The molecule has 0 saturated heterocycles. The zero-order valence-electron chi connectivity index (χ0n) is 10.3. The summed E-state index contributed by atoms with van der Waals surface area (Å²) in [6.45, 7) is 1.83. The summed E-state index contributed by atoms with van der Waals surface area (Å²) in [6, 6.07) is 9.98. The summed E-state index contributed by atoms with van der Waals surface area (Å²) in [5, 5.41) is 0. The monoisotopic (exact) mass is 340 g/mol. The largest absolute Gasteiger partial charge is 0.399 e. The van der Waals surface area contributed by atoms with E-state index in [2.05, 4.69) is 20.9 Å². The maximum Gasteiger partial charge on any atom is 0.185 e. The second-order valence-electron chi connectivity index (χ2n) is 4.22. The van der Waals surface area contributed by atoms with Gasteiger partial charge in [-0.15, -0.1) is 0 Å². The van der Waals surface area contributed by atoms with Crippen molar-refractivity contribution in [1.82, 2.24) is 4.98 Å². The van der Waals surface area contributed by atoms with E-state index in [-0.39, 0.29) is 10.6 Å². The molecule has 0 amide bonds. The maximum atomic E-state index is 12.3. The third-order valence-electron chi connectivity index (χ3n) is 2.57. The van der Waals surface area contributed by atoms with Crippen LogP contribution < -0.4 is 5.73 Å². The van der Waals surface area contributed by atoms with Gasteiger partial charge >= 0.3 is 0 Å². The van der Waals surface area contributed by atoms with Crippen molar-refractivity contribution in [2.75, 3.05) is 5.73 Å². The molecule has 1 aromatic heterocycles. The van der Waals surface area contributed by atoms with Gasteiger partial charge in [-0.2, -0.15) is 0 Å². The fourth-order valence-electron chi connectivity index (χ4n) is 1.72. The number of aromatic nitrogens is 1. The normalized spacial score (nSPS) is 11.5. The van der Waals surface area contributed by atoms with Crippen LogP contribution in [0.25, 0.3) is 0 Å². The SMILES string of the molecule is Cc1cccc(CS(=O)(=O)c2ccc(N)cc2Br)n1. The molecule has 0 aliphatic rings. The van der Waals surface area contributed by atoms with E-state index >= 15 is 0 Å². The Labute approximate surface area is 120 Å². The first-order valence-electron chi connectivity index (χ1n) is 5.59. The number of pyridine rings is 1. The van der Waals surface area contributed by atoms with Gasteiger partial charge in [-0.25, -0.2) is 8.42 Å². The summed E-state index contributed by atoms with van der Waals surface area (Å²) in [4.78, 5) is 4.44. The topological polar surface area (TPSA) is 73.0 Å². The van der Waals surface area contributed by atoms with Crippen molar-refractivity contribution in [2.24, 2.45) is 0 Å². The van der Waals surface area contributed by atoms with Crippen LogP contribution in [0.3, 0.4) is 0 Å². The van der Waals surface area contributed by atoms with Gasteiger partial charge in [0.1, 0.15) is 0 Å². The van der Waals surface area contributed by atoms with Gasteiger partial charge in [-0.1, -0.05) is 6.07 Å². The van der Waals surface area contributed by atoms with Crippen molar-refractivity contribution < 1.29 is 8.42 Å². The second-order valence-corrected chi connectivity index (χ2v) is 7.03. The Kier molecular flexibility index (Phi) is 3.91. The van der Waals surface area contributed by atoms with Crippen LogP contribution in [-0.4, -0.2) is 13.4 Å². The molecule has 0 aliphatic carbocycles. The molecule has 1 heterocycles. The van der Waals surface area contributed by atoms with Gasteiger partial charge in [0.2, 0.25) is 0 Å². The molecule has 0 saturated carbocycles. The fraction of sp³-hybridized carbons (Fsp3) is 0.154. The first-order valence-corrected chi connectivity index (χ1v) is 8.03. The van der Waals surface area contributed by atoms with Crippen LogP contribution in [0, 0.1) is 6.92 Å². The van der Waals surface area contributed by atoms with E-state index in [0.29, 0.717) is 15.9 Å². The number of nitrogens with two attached hydrogens (primary N) is 1. The summed E-state index contributed by atoms with van der Waals surface area (Å²) in [5.41, 5.74) is 7.45. The van der Waals surface area contributed by atoms with Crippen molar-refractivity contribution in [1.29, 1.82) is 0 Å². The highest BCUT2D eigenvalue weighted by molar-refractivity contribution is 9.10. The van der Waals surface area contributed by atoms with Gasteiger partial charge in [-0.05, 0) is 53.2 Å². The minimum Gasteiger partial charge on any atom is -0.399 e. The zero-order valence-corrected chi connectivity index (χ0v) is 12.7. The van der Waals surface area contributed by atoms with Crippen LogP contribution in [0.5, 0.6) is 0 Å². The van der Waals surface area contributed by atoms with E-state index < -0.39 is 9.84 Å². The van der Waals surface area contributed by atoms with Crippen LogP contribution in [0.1, 0.15) is 11.4 Å². The molecule has 4 nitrogen and oxygen atoms in total. The van der Waals surface area contributed by atoms with Gasteiger partial charge in [0.15, 0.2) is 9.84 Å². The molecule has 0 fully saturated rings. The summed E-state index contributed by atoms with van der Waals surface area (Å²) < 4.78 is 25.1. The summed E-state index contributed by atoms with van der Waals surface area (Å²) in [5.74, 6) is -0.128. The predicted molar refractivity (Wildman–Crippen MR) is 78.4 cm³/mol. The number of rotatable bonds is 3. The molecule has 0 aliphatic heterocycles. The van der Waals surface area contributed by atoms with Crippen LogP contribution in [-0.2, 0) is 15.6 Å². The highest BCUT2D eigenvalue weighted by Crippen LogP contribution is 2.26. The number of aryl methyl sites for hydroxylation is 1. The van der Waals surface area contributed by atoms with Crippen LogP contribution in [0.2, 0.25) is 0 Å². The van der Waals surface area contributed by atoms with Crippen LogP contribution in [0.4, 0.5) is 5.69 Å². The smallest absolute Gasteiger partial charge is 0.185 e. The van der Waals surface area contributed by atoms with E-state index in [0.717, 1.165) is 5.69 Å². The number of nitrogen functional groups attached to an aromatic ring is 1. The minimum absolute atomic E-state index is 0.128. The molecular weight excluding hydrogens is 328 g/mol. The van der Waals surface area contributed by atoms with Crippen LogP contribution in [0.15, 0.2) is 45.8 Å². The summed E-state index contributed by atoms with van der Waals surface area (Å²) in [7, 11) is -3.44. The quantitative estimate of drug-likeness (QED) is 0.872. The highest BCUT2D eigenvalue weighted by atomic mass is 79.9. The lowest BCUT2D eigenvalue weighted by atomic mass is 10.3. The molecule has 0 spiro atoms. The standard InChI is InChI=1S/C13H13BrN2O2S/c1-9-3-2-4-11(16-9)8-19(17,18)13-6-5-10(15)7-12(13)14/h2-7H,8,15H2,1H3. The Bertz CT molecular complexity index is 714. The molecule has 0 radical (unpaired) electrons. The molecule has 2 rings (SSSR count). The van der Waals surface area contributed by atoms with Crippen molar-refractivity contribution in [3.63, 3.8) is 0 Å². The minimum atomic E-state index is -3.44. The number of hydrogen-bond acceptors (Lipinski definition) is 4. The third-order valence-corrected chi connectivity index (χ3v) is 5.20. The van der Waals surface area contributed by atoms with E-state index in [1.807, 2.05) is 13.0 Å². The second kappa shape index (κ2) is 5.30. The molecular formula is C13H13BrN2O2S.